The third-order valence-corrected chi connectivity index (χ3v) is 4.97. The van der Waals surface area contributed by atoms with Crippen LogP contribution >= 0.6 is 11.3 Å². The van der Waals surface area contributed by atoms with Crippen LogP contribution in [0.1, 0.15) is 34.1 Å². The fourth-order valence-electron chi connectivity index (χ4n) is 2.61. The molecule has 3 heterocycles. The van der Waals surface area contributed by atoms with Crippen LogP contribution in [0.4, 0.5) is 5.00 Å². The number of aryl methyl sites for hydroxylation is 1. The lowest BCUT2D eigenvalue weighted by molar-refractivity contribution is 0.0955. The Bertz CT molecular complexity index is 624. The molecule has 0 aromatic carbocycles. The molecule has 0 saturated carbocycles. The Morgan fingerprint density at radius 3 is 3.19 bits per heavy atom. The number of nitrogens with one attached hydrogen (secondary N) is 1. The van der Waals surface area contributed by atoms with Crippen LogP contribution in [0.2, 0.25) is 0 Å². The maximum Gasteiger partial charge on any atom is 0.261 e. The quantitative estimate of drug-likeness (QED) is 0.944. The summed E-state index contributed by atoms with van der Waals surface area (Å²) in [6.45, 7) is 4.79. The van der Waals surface area contributed by atoms with Gasteiger partial charge >= 0.3 is 0 Å². The fraction of sp³-hybridized carbons (Fsp3) is 0.375. The number of fused-ring (bicyclic) bond motifs is 1. The third kappa shape index (κ3) is 3.08. The number of hydrogen-bond acceptors (Lipinski definition) is 4. The summed E-state index contributed by atoms with van der Waals surface area (Å²) in [5.74, 6) is 0.00862. The van der Waals surface area contributed by atoms with E-state index in [-0.39, 0.29) is 5.91 Å². The van der Waals surface area contributed by atoms with Crippen molar-refractivity contribution in [2.24, 2.45) is 0 Å². The second-order valence-corrected chi connectivity index (χ2v) is 6.20. The van der Waals surface area contributed by atoms with Crippen molar-refractivity contribution < 1.29 is 4.79 Å². The second kappa shape index (κ2) is 6.26. The molecule has 2 aromatic heterocycles. The van der Waals surface area contributed by atoms with E-state index in [2.05, 4.69) is 28.2 Å². The van der Waals surface area contributed by atoms with Gasteiger partial charge in [0.25, 0.3) is 5.91 Å². The van der Waals surface area contributed by atoms with E-state index in [0.717, 1.165) is 30.0 Å². The van der Waals surface area contributed by atoms with Crippen molar-refractivity contribution >= 4 is 22.2 Å². The highest BCUT2D eigenvalue weighted by Crippen LogP contribution is 2.35. The topological polar surface area (TPSA) is 45.2 Å². The zero-order valence-corrected chi connectivity index (χ0v) is 12.9. The Labute approximate surface area is 128 Å². The third-order valence-electron chi connectivity index (χ3n) is 3.73. The van der Waals surface area contributed by atoms with Crippen molar-refractivity contribution in [2.45, 2.75) is 26.3 Å². The molecule has 21 heavy (non-hydrogen) atoms. The molecular weight excluding hydrogens is 282 g/mol. The molecule has 0 bridgehead atoms. The lowest BCUT2D eigenvalue weighted by Crippen LogP contribution is -2.27. The van der Waals surface area contributed by atoms with Crippen LogP contribution in [0.15, 0.2) is 30.6 Å². The fourth-order valence-corrected chi connectivity index (χ4v) is 3.83. The normalized spacial score (nSPS) is 13.9. The van der Waals surface area contributed by atoms with Gasteiger partial charge in [0, 0.05) is 32.0 Å². The van der Waals surface area contributed by atoms with Gasteiger partial charge in [-0.1, -0.05) is 6.07 Å². The van der Waals surface area contributed by atoms with Crippen LogP contribution in [0, 0.1) is 0 Å². The number of pyridine rings is 1. The second-order valence-electron chi connectivity index (χ2n) is 5.17. The minimum Gasteiger partial charge on any atom is -0.363 e. The van der Waals surface area contributed by atoms with E-state index in [1.165, 1.54) is 17.0 Å². The van der Waals surface area contributed by atoms with E-state index in [9.17, 15) is 4.79 Å². The van der Waals surface area contributed by atoms with Gasteiger partial charge in [0.15, 0.2) is 0 Å². The number of aromatic nitrogens is 1. The van der Waals surface area contributed by atoms with E-state index in [1.54, 1.807) is 23.7 Å². The molecule has 1 aliphatic heterocycles. The van der Waals surface area contributed by atoms with Crippen molar-refractivity contribution in [3.05, 3.63) is 46.6 Å². The highest BCUT2D eigenvalue weighted by molar-refractivity contribution is 7.18. The van der Waals surface area contributed by atoms with Gasteiger partial charge < -0.3 is 10.2 Å². The molecule has 0 radical (unpaired) electrons. The van der Waals surface area contributed by atoms with Crippen molar-refractivity contribution in [1.82, 2.24) is 10.3 Å². The lowest BCUT2D eigenvalue weighted by atomic mass is 10.1. The first-order chi connectivity index (χ1) is 10.3. The van der Waals surface area contributed by atoms with E-state index in [1.807, 2.05) is 12.1 Å². The number of anilines is 1. The molecule has 4 nitrogen and oxygen atoms in total. The predicted molar refractivity (Wildman–Crippen MR) is 85.9 cm³/mol. The highest BCUT2D eigenvalue weighted by atomic mass is 32.1. The van der Waals surface area contributed by atoms with Gasteiger partial charge in [-0.15, -0.1) is 11.3 Å². The largest absolute Gasteiger partial charge is 0.363 e. The number of nitrogens with zero attached hydrogens (tertiary/aromatic N) is 2. The Morgan fingerprint density at radius 1 is 1.52 bits per heavy atom. The monoisotopic (exact) mass is 301 g/mol. The molecule has 1 N–H and O–H groups in total. The SMILES string of the molecule is CCN1CCCc2cc(C(=O)NCc3cccnc3)sc21. The van der Waals surface area contributed by atoms with Gasteiger partial charge in [-0.2, -0.15) is 0 Å². The van der Waals surface area contributed by atoms with Crippen molar-refractivity contribution in [3.63, 3.8) is 0 Å². The van der Waals surface area contributed by atoms with Gasteiger partial charge in [-0.3, -0.25) is 9.78 Å². The van der Waals surface area contributed by atoms with Gasteiger partial charge in [-0.05, 0) is 43.0 Å². The summed E-state index contributed by atoms with van der Waals surface area (Å²) in [6, 6.07) is 5.90. The summed E-state index contributed by atoms with van der Waals surface area (Å²) in [4.78, 5) is 19.5. The molecular formula is C16H19N3OS. The predicted octanol–water partition coefficient (Wildman–Crippen LogP) is 2.85. The minimum absolute atomic E-state index is 0.00862. The van der Waals surface area contributed by atoms with Crippen LogP contribution in [0.25, 0.3) is 0 Å². The van der Waals surface area contributed by atoms with E-state index >= 15 is 0 Å². The standard InChI is InChI=1S/C16H19N3OS/c1-2-19-8-4-6-13-9-14(21-16(13)19)15(20)18-11-12-5-3-7-17-10-12/h3,5,7,9-10H,2,4,6,8,11H2,1H3,(H,18,20). The van der Waals surface area contributed by atoms with Crippen LogP contribution in [-0.2, 0) is 13.0 Å². The van der Waals surface area contributed by atoms with Gasteiger partial charge in [0.1, 0.15) is 0 Å². The van der Waals surface area contributed by atoms with E-state index in [0.29, 0.717) is 6.54 Å². The molecule has 2 aromatic rings. The molecule has 0 fully saturated rings. The molecule has 5 heteroatoms. The van der Waals surface area contributed by atoms with Crippen LogP contribution in [-0.4, -0.2) is 24.0 Å². The average molecular weight is 301 g/mol. The maximum absolute atomic E-state index is 12.3. The number of rotatable bonds is 4. The zero-order valence-electron chi connectivity index (χ0n) is 12.1. The summed E-state index contributed by atoms with van der Waals surface area (Å²) in [5.41, 5.74) is 2.34. The molecule has 110 valence electrons. The maximum atomic E-state index is 12.3. The number of carbonyl (C=O) groups excluding carboxylic acids is 1. The zero-order chi connectivity index (χ0) is 14.7. The molecule has 0 aliphatic carbocycles. The minimum atomic E-state index is 0.00862. The first-order valence-corrected chi connectivity index (χ1v) is 8.14. The Kier molecular flexibility index (Phi) is 4.20. The number of thiophene rings is 1. The molecule has 0 saturated heterocycles. The van der Waals surface area contributed by atoms with Crippen molar-refractivity contribution in [2.75, 3.05) is 18.0 Å². The number of amides is 1. The number of hydrogen-bond donors (Lipinski definition) is 1. The molecule has 0 atom stereocenters. The summed E-state index contributed by atoms with van der Waals surface area (Å²) in [7, 11) is 0. The Balaban J connectivity index is 1.69. The first-order valence-electron chi connectivity index (χ1n) is 7.32. The van der Waals surface area contributed by atoms with Crippen LogP contribution in [0.3, 0.4) is 0 Å². The molecule has 0 spiro atoms. The summed E-state index contributed by atoms with van der Waals surface area (Å²) in [6.07, 6.45) is 5.77. The van der Waals surface area contributed by atoms with E-state index < -0.39 is 0 Å². The summed E-state index contributed by atoms with van der Waals surface area (Å²) in [5, 5.41) is 4.24. The van der Waals surface area contributed by atoms with Crippen LogP contribution < -0.4 is 10.2 Å². The van der Waals surface area contributed by atoms with Gasteiger partial charge in [0.05, 0.1) is 9.88 Å². The molecule has 1 amide bonds. The highest BCUT2D eigenvalue weighted by Gasteiger charge is 2.21. The smallest absolute Gasteiger partial charge is 0.261 e. The summed E-state index contributed by atoms with van der Waals surface area (Å²) < 4.78 is 0. The number of carbonyl (C=O) groups is 1. The van der Waals surface area contributed by atoms with Gasteiger partial charge in [0.2, 0.25) is 0 Å². The van der Waals surface area contributed by atoms with Crippen LogP contribution in [0.5, 0.6) is 0 Å². The summed E-state index contributed by atoms with van der Waals surface area (Å²) >= 11 is 1.61. The molecule has 0 unspecified atom stereocenters. The Hall–Kier alpha value is -1.88. The lowest BCUT2D eigenvalue weighted by Gasteiger charge is -2.26. The Morgan fingerprint density at radius 2 is 2.43 bits per heavy atom. The molecule has 3 rings (SSSR count). The van der Waals surface area contributed by atoms with Gasteiger partial charge in [-0.25, -0.2) is 0 Å². The first kappa shape index (κ1) is 14.1. The van der Waals surface area contributed by atoms with Crippen molar-refractivity contribution in [1.29, 1.82) is 0 Å². The van der Waals surface area contributed by atoms with E-state index in [4.69, 9.17) is 0 Å². The molecule has 1 aliphatic rings. The average Bonchev–Trinajstić information content (AvgIpc) is 2.97. The van der Waals surface area contributed by atoms with Crippen molar-refractivity contribution in [3.8, 4) is 0 Å².